The topological polar surface area (TPSA) is 177 Å². The number of aliphatic imine (C=N–C) groups is 1. The first-order chi connectivity index (χ1) is 19.4. The minimum atomic E-state index is -0.665. The van der Waals surface area contributed by atoms with Gasteiger partial charge in [0.15, 0.2) is 11.5 Å². The van der Waals surface area contributed by atoms with Crippen LogP contribution >= 0.6 is 0 Å². The predicted molar refractivity (Wildman–Crippen MR) is 150 cm³/mol. The van der Waals surface area contributed by atoms with Crippen molar-refractivity contribution >= 4 is 34.9 Å². The molecule has 2 amide bonds. The molecule has 12 heteroatoms. The van der Waals surface area contributed by atoms with E-state index in [0.717, 1.165) is 6.42 Å². The molecule has 40 heavy (non-hydrogen) atoms. The van der Waals surface area contributed by atoms with Crippen LogP contribution in [0.4, 0.5) is 11.4 Å². The zero-order chi connectivity index (χ0) is 28.2. The van der Waals surface area contributed by atoms with Crippen LogP contribution in [-0.4, -0.2) is 50.4 Å². The molecule has 12 nitrogen and oxygen atoms in total. The monoisotopic (exact) mass is 543 g/mol. The number of fused-ring (bicyclic) bond motifs is 1. The lowest BCUT2D eigenvalue weighted by Gasteiger charge is -2.33. The van der Waals surface area contributed by atoms with Gasteiger partial charge < -0.3 is 31.0 Å². The van der Waals surface area contributed by atoms with Crippen molar-refractivity contribution in [1.82, 2.24) is 5.43 Å². The van der Waals surface area contributed by atoms with E-state index in [9.17, 15) is 9.59 Å². The molecule has 7 N–H and O–H groups in total. The summed E-state index contributed by atoms with van der Waals surface area (Å²) < 4.78 is 17.5. The smallest absolute Gasteiger partial charge is 0.267 e. The number of anilines is 2. The van der Waals surface area contributed by atoms with Crippen LogP contribution in [0.5, 0.6) is 17.2 Å². The average Bonchev–Trinajstić information content (AvgIpc) is 3.21. The van der Waals surface area contributed by atoms with E-state index in [1.165, 1.54) is 5.01 Å². The van der Waals surface area contributed by atoms with E-state index in [0.29, 0.717) is 58.8 Å². The number of para-hydroxylation sites is 1. The number of nitrogens with one attached hydrogen (secondary N) is 3. The molecule has 0 radical (unpaired) electrons. The number of nitrogens with zero attached hydrogens (tertiary/aromatic N) is 2. The normalized spacial score (nSPS) is 15.3. The summed E-state index contributed by atoms with van der Waals surface area (Å²) in [5.41, 5.74) is 16.8. The Bertz CT molecular complexity index is 1490. The summed E-state index contributed by atoms with van der Waals surface area (Å²) in [6.45, 7) is 0.811. The second-order valence-electron chi connectivity index (χ2n) is 9.09. The minimum Gasteiger partial charge on any atom is -0.493 e. The Morgan fingerprint density at radius 2 is 1.88 bits per heavy atom. The van der Waals surface area contributed by atoms with Crippen LogP contribution in [0.1, 0.15) is 33.9 Å². The number of nitrogen functional groups attached to an aromatic ring is 1. The van der Waals surface area contributed by atoms with Gasteiger partial charge >= 0.3 is 0 Å². The molecule has 2 aliphatic rings. The second-order valence-corrected chi connectivity index (χ2v) is 9.09. The zero-order valence-electron chi connectivity index (χ0n) is 21.8. The number of carbonyl (C=O) groups excluding carboxylic acids is 2. The highest BCUT2D eigenvalue weighted by Crippen LogP contribution is 2.42. The molecule has 5 rings (SSSR count). The van der Waals surface area contributed by atoms with Crippen molar-refractivity contribution < 1.29 is 23.8 Å². The Hall–Kier alpha value is -5.26. The summed E-state index contributed by atoms with van der Waals surface area (Å²) >= 11 is 0. The van der Waals surface area contributed by atoms with Gasteiger partial charge in [-0.3, -0.25) is 25.4 Å². The summed E-state index contributed by atoms with van der Waals surface area (Å²) in [7, 11) is 1.55. The number of primary amides is 1. The number of ether oxygens (including phenoxy) is 3. The molecule has 0 saturated carbocycles. The quantitative estimate of drug-likeness (QED) is 0.212. The lowest BCUT2D eigenvalue weighted by Crippen LogP contribution is -2.54. The van der Waals surface area contributed by atoms with Gasteiger partial charge in [-0.15, -0.1) is 0 Å². The number of amidine groups is 2. The van der Waals surface area contributed by atoms with Crippen LogP contribution in [0.3, 0.4) is 0 Å². The second kappa shape index (κ2) is 11.2. The largest absolute Gasteiger partial charge is 0.493 e. The average molecular weight is 544 g/mol. The summed E-state index contributed by atoms with van der Waals surface area (Å²) in [4.78, 5) is 29.6. The van der Waals surface area contributed by atoms with Crippen LogP contribution < -0.4 is 41.4 Å². The fourth-order valence-corrected chi connectivity index (χ4v) is 4.47. The van der Waals surface area contributed by atoms with Crippen molar-refractivity contribution in [3.63, 3.8) is 0 Å². The Morgan fingerprint density at radius 3 is 2.60 bits per heavy atom. The molecular formula is C28H29N7O5. The van der Waals surface area contributed by atoms with E-state index in [1.54, 1.807) is 55.6 Å². The summed E-state index contributed by atoms with van der Waals surface area (Å²) in [5.74, 6) is 0.840. The molecule has 0 bridgehead atoms. The van der Waals surface area contributed by atoms with E-state index < -0.39 is 11.9 Å². The van der Waals surface area contributed by atoms with Gasteiger partial charge in [-0.2, -0.15) is 0 Å². The number of methoxy groups -OCH3 is 1. The molecule has 206 valence electrons. The zero-order valence-corrected chi connectivity index (χ0v) is 21.8. The van der Waals surface area contributed by atoms with E-state index in [4.69, 9.17) is 31.1 Å². The third-order valence-electron chi connectivity index (χ3n) is 6.44. The van der Waals surface area contributed by atoms with Gasteiger partial charge in [-0.25, -0.2) is 5.01 Å². The maximum atomic E-state index is 13.0. The number of nitrogens with two attached hydrogens (primary N) is 2. The number of hydrogen-bond acceptors (Lipinski definition) is 9. The molecule has 1 atom stereocenters. The van der Waals surface area contributed by atoms with E-state index in [-0.39, 0.29) is 23.9 Å². The molecule has 0 saturated heterocycles. The van der Waals surface area contributed by atoms with Crippen molar-refractivity contribution in [2.45, 2.75) is 12.5 Å². The number of amides is 2. The maximum Gasteiger partial charge on any atom is 0.267 e. The summed E-state index contributed by atoms with van der Waals surface area (Å²) in [5, 5.41) is 12.4. The van der Waals surface area contributed by atoms with Gasteiger partial charge in [0.25, 0.3) is 11.8 Å². The van der Waals surface area contributed by atoms with Crippen LogP contribution in [0.25, 0.3) is 0 Å². The Balaban J connectivity index is 1.57. The third kappa shape index (κ3) is 5.32. The van der Waals surface area contributed by atoms with Gasteiger partial charge in [0.1, 0.15) is 24.3 Å². The van der Waals surface area contributed by atoms with Crippen molar-refractivity contribution in [2.24, 2.45) is 16.5 Å². The van der Waals surface area contributed by atoms with Gasteiger partial charge in [-0.05, 0) is 54.1 Å². The van der Waals surface area contributed by atoms with Crippen molar-refractivity contribution in [1.29, 1.82) is 5.41 Å². The summed E-state index contributed by atoms with van der Waals surface area (Å²) in [6, 6.07) is 16.6. The van der Waals surface area contributed by atoms with Gasteiger partial charge in [0, 0.05) is 17.7 Å². The van der Waals surface area contributed by atoms with Crippen LogP contribution in [0.15, 0.2) is 65.7 Å². The van der Waals surface area contributed by atoms with Gasteiger partial charge in [0.2, 0.25) is 5.75 Å². The lowest BCUT2D eigenvalue weighted by molar-refractivity contribution is -0.118. The van der Waals surface area contributed by atoms with E-state index >= 15 is 0 Å². The SMILES string of the molecule is COc1cc(C(Nc2ccc(C(=N)N)cc2)C2=NCC(=O)N(c3ccccc3C(N)=O)N2)cc2c1OCCCO2. The van der Waals surface area contributed by atoms with Crippen LogP contribution in [0.2, 0.25) is 0 Å². The highest BCUT2D eigenvalue weighted by Gasteiger charge is 2.31. The molecule has 3 aromatic carbocycles. The number of hydrogen-bond donors (Lipinski definition) is 5. The molecule has 2 aliphatic heterocycles. The van der Waals surface area contributed by atoms with Crippen molar-refractivity contribution in [3.05, 3.63) is 77.4 Å². The number of rotatable bonds is 8. The lowest BCUT2D eigenvalue weighted by atomic mass is 10.0. The first-order valence-corrected chi connectivity index (χ1v) is 12.6. The highest BCUT2D eigenvalue weighted by molar-refractivity contribution is 6.09. The Labute approximate surface area is 230 Å². The van der Waals surface area contributed by atoms with Crippen molar-refractivity contribution in [2.75, 3.05) is 37.2 Å². The van der Waals surface area contributed by atoms with E-state index in [1.807, 2.05) is 12.1 Å². The molecule has 1 unspecified atom stereocenters. The fraction of sp³-hybridized carbons (Fsp3) is 0.214. The Morgan fingerprint density at radius 1 is 1.12 bits per heavy atom. The Kier molecular flexibility index (Phi) is 7.40. The van der Waals surface area contributed by atoms with Crippen LogP contribution in [-0.2, 0) is 4.79 Å². The number of carbonyl (C=O) groups is 2. The number of hydrazine groups is 1. The first-order valence-electron chi connectivity index (χ1n) is 12.6. The van der Waals surface area contributed by atoms with E-state index in [2.05, 4.69) is 15.7 Å². The fourth-order valence-electron chi connectivity index (χ4n) is 4.47. The standard InChI is InChI=1S/C28H29N7O5/c1-38-21-13-17(14-22-25(21)40-12-4-11-39-22)24(33-18-9-7-16(8-10-18)26(29)30)28-32-15-23(36)35(34-28)20-6-3-2-5-19(20)27(31)37/h2-3,5-10,13-14,24,33H,4,11-12,15H2,1H3,(H3,29,30)(H2,31,37)(H,32,34). The molecule has 0 fully saturated rings. The first kappa shape index (κ1) is 26.4. The molecule has 0 spiro atoms. The molecule has 3 aromatic rings. The third-order valence-corrected chi connectivity index (χ3v) is 6.44. The van der Waals surface area contributed by atoms with Gasteiger partial charge in [0.05, 0.1) is 31.6 Å². The van der Waals surface area contributed by atoms with Crippen molar-refractivity contribution in [3.8, 4) is 17.2 Å². The minimum absolute atomic E-state index is 0.0451. The molecule has 0 aliphatic carbocycles. The molecule has 0 aromatic heterocycles. The van der Waals surface area contributed by atoms with Crippen LogP contribution in [0, 0.1) is 5.41 Å². The number of benzene rings is 3. The summed E-state index contributed by atoms with van der Waals surface area (Å²) in [6.07, 6.45) is 0.724. The van der Waals surface area contributed by atoms with Gasteiger partial charge in [-0.1, -0.05) is 12.1 Å². The molecular weight excluding hydrogens is 514 g/mol. The highest BCUT2D eigenvalue weighted by atomic mass is 16.5. The maximum absolute atomic E-state index is 13.0. The molecule has 2 heterocycles. The predicted octanol–water partition coefficient (Wildman–Crippen LogP) is 2.34.